The predicted octanol–water partition coefficient (Wildman–Crippen LogP) is 4.57. The molecule has 0 aromatic heterocycles. The number of halogens is 1. The van der Waals surface area contributed by atoms with Crippen LogP contribution in [0.2, 0.25) is 0 Å². The summed E-state index contributed by atoms with van der Waals surface area (Å²) in [5.74, 6) is -0.141. The van der Waals surface area contributed by atoms with Gasteiger partial charge in [0.1, 0.15) is 5.60 Å². The Hall–Kier alpha value is -0.780. The quantitative estimate of drug-likeness (QED) is 0.474. The van der Waals surface area contributed by atoms with E-state index in [4.69, 9.17) is 9.47 Å². The van der Waals surface area contributed by atoms with Crippen molar-refractivity contribution in [2.45, 2.75) is 89.1 Å². The molecule has 1 unspecified atom stereocenters. The van der Waals surface area contributed by atoms with Gasteiger partial charge in [-0.1, -0.05) is 29.3 Å². The van der Waals surface area contributed by atoms with E-state index in [1.165, 1.54) is 0 Å². The molecule has 1 rings (SSSR count). The molecule has 0 aromatic rings. The number of rotatable bonds is 8. The summed E-state index contributed by atoms with van der Waals surface area (Å²) in [6, 6.07) is 0.0781. The lowest BCUT2D eigenvalue weighted by Crippen LogP contribution is -2.43. The molecule has 6 heteroatoms. The van der Waals surface area contributed by atoms with Gasteiger partial charge in [0.2, 0.25) is 0 Å². The summed E-state index contributed by atoms with van der Waals surface area (Å²) < 4.78 is 10.7. The zero-order valence-corrected chi connectivity index (χ0v) is 17.0. The van der Waals surface area contributed by atoms with Crippen LogP contribution in [0.5, 0.6) is 0 Å². The van der Waals surface area contributed by atoms with Crippen LogP contribution < -0.4 is 5.32 Å². The first-order chi connectivity index (χ1) is 11.3. The highest BCUT2D eigenvalue weighted by atomic mass is 79.9. The fourth-order valence-corrected chi connectivity index (χ4v) is 4.41. The van der Waals surface area contributed by atoms with Crippen molar-refractivity contribution in [3.8, 4) is 0 Å². The van der Waals surface area contributed by atoms with Gasteiger partial charge in [-0.15, -0.1) is 0 Å². The third kappa shape index (κ3) is 7.86. The molecule has 0 saturated heterocycles. The van der Waals surface area contributed by atoms with Crippen LogP contribution in [0.15, 0.2) is 0 Å². The Balaban J connectivity index is 2.34. The summed E-state index contributed by atoms with van der Waals surface area (Å²) in [6.07, 6.45) is 5.67. The molecule has 1 aliphatic carbocycles. The Bertz CT molecular complexity index is 406. The third-order valence-electron chi connectivity index (χ3n) is 4.35. The van der Waals surface area contributed by atoms with Gasteiger partial charge in [-0.3, -0.25) is 4.79 Å². The fraction of sp³-hybridized carbons (Fsp3) is 0.889. The largest absolute Gasteiger partial charge is 0.466 e. The van der Waals surface area contributed by atoms with Gasteiger partial charge in [0.25, 0.3) is 0 Å². The minimum Gasteiger partial charge on any atom is -0.466 e. The molecule has 0 heterocycles. The smallest absolute Gasteiger partial charge is 0.407 e. The van der Waals surface area contributed by atoms with Crippen LogP contribution >= 0.6 is 15.9 Å². The maximum Gasteiger partial charge on any atom is 0.407 e. The number of amides is 1. The predicted molar refractivity (Wildman–Crippen MR) is 98.3 cm³/mol. The number of carbonyl (C=O) groups excluding carboxylic acids is 2. The van der Waals surface area contributed by atoms with E-state index in [2.05, 4.69) is 28.2 Å². The number of hydrogen-bond acceptors (Lipinski definition) is 4. The molecule has 0 aromatic carbocycles. The van der Waals surface area contributed by atoms with Crippen LogP contribution in [-0.4, -0.2) is 35.1 Å². The van der Waals surface area contributed by atoms with Crippen molar-refractivity contribution >= 4 is 28.0 Å². The average Bonchev–Trinajstić information content (AvgIpc) is 2.46. The van der Waals surface area contributed by atoms with E-state index in [0.29, 0.717) is 11.4 Å². The first kappa shape index (κ1) is 21.3. The number of hydrogen-bond donors (Lipinski definition) is 1. The van der Waals surface area contributed by atoms with E-state index >= 15 is 0 Å². The molecule has 1 saturated carbocycles. The molecule has 0 aliphatic heterocycles. The molecule has 24 heavy (non-hydrogen) atoms. The van der Waals surface area contributed by atoms with Gasteiger partial charge in [-0.05, 0) is 59.3 Å². The second kappa shape index (κ2) is 10.3. The van der Waals surface area contributed by atoms with E-state index < -0.39 is 5.60 Å². The molecular formula is C18H32BrNO4. The lowest BCUT2D eigenvalue weighted by Gasteiger charge is -2.31. The van der Waals surface area contributed by atoms with Gasteiger partial charge in [-0.25, -0.2) is 4.79 Å². The molecule has 1 atom stereocenters. The van der Waals surface area contributed by atoms with Crippen LogP contribution in [0.1, 0.15) is 72.6 Å². The van der Waals surface area contributed by atoms with Crippen molar-refractivity contribution in [2.24, 2.45) is 5.92 Å². The van der Waals surface area contributed by atoms with Gasteiger partial charge >= 0.3 is 12.1 Å². The molecule has 1 N–H and O–H groups in total. The maximum absolute atomic E-state index is 12.1. The Labute approximate surface area is 154 Å². The summed E-state index contributed by atoms with van der Waals surface area (Å²) in [4.78, 5) is 24.2. The first-order valence-corrected chi connectivity index (χ1v) is 9.99. The number of ether oxygens (including phenoxy) is 2. The van der Waals surface area contributed by atoms with Crippen molar-refractivity contribution < 1.29 is 19.1 Å². The topological polar surface area (TPSA) is 64.6 Å². The number of alkyl carbamates (subject to hydrolysis) is 1. The van der Waals surface area contributed by atoms with Crippen LogP contribution in [0.4, 0.5) is 4.79 Å². The normalized spacial score (nSPS) is 22.5. The molecule has 140 valence electrons. The minimum atomic E-state index is -0.504. The van der Waals surface area contributed by atoms with Crippen LogP contribution in [0, 0.1) is 5.92 Å². The van der Waals surface area contributed by atoms with Crippen molar-refractivity contribution in [2.75, 3.05) is 6.61 Å². The number of alkyl halides is 1. The standard InChI is InChI=1S/C18H32BrNO4/c1-5-7-14(19)12-18(3,4)24-17(22)20-15-10-8-13(9-11-15)16(21)23-6-2/h13-15H,5-12H2,1-4H3,(H,20,22). The van der Waals surface area contributed by atoms with Gasteiger partial charge in [0, 0.05) is 10.9 Å². The highest BCUT2D eigenvalue weighted by Gasteiger charge is 2.30. The first-order valence-electron chi connectivity index (χ1n) is 9.07. The minimum absolute atomic E-state index is 0.0290. The summed E-state index contributed by atoms with van der Waals surface area (Å²) in [7, 11) is 0. The van der Waals surface area contributed by atoms with Crippen molar-refractivity contribution in [3.63, 3.8) is 0 Å². The molecule has 0 spiro atoms. The van der Waals surface area contributed by atoms with Gasteiger partial charge < -0.3 is 14.8 Å². The third-order valence-corrected chi connectivity index (χ3v) is 5.13. The number of carbonyl (C=O) groups is 2. The number of nitrogens with one attached hydrogen (secondary N) is 1. The Morgan fingerprint density at radius 3 is 2.38 bits per heavy atom. The summed E-state index contributed by atoms with van der Waals surface area (Å²) in [5, 5.41) is 2.94. The highest BCUT2D eigenvalue weighted by molar-refractivity contribution is 9.09. The molecule has 1 aliphatic rings. The van der Waals surface area contributed by atoms with Crippen molar-refractivity contribution in [1.82, 2.24) is 5.32 Å². The summed E-state index contributed by atoms with van der Waals surface area (Å²) in [5.41, 5.74) is -0.504. The molecule has 0 bridgehead atoms. The van der Waals surface area contributed by atoms with Crippen molar-refractivity contribution in [1.29, 1.82) is 0 Å². The lowest BCUT2D eigenvalue weighted by molar-refractivity contribution is -0.149. The number of esters is 1. The lowest BCUT2D eigenvalue weighted by atomic mass is 9.86. The zero-order valence-electron chi connectivity index (χ0n) is 15.4. The molecule has 1 amide bonds. The molecule has 1 fully saturated rings. The summed E-state index contributed by atoms with van der Waals surface area (Å²) >= 11 is 3.64. The zero-order chi connectivity index (χ0) is 18.2. The monoisotopic (exact) mass is 405 g/mol. The fourth-order valence-electron chi connectivity index (χ4n) is 3.17. The van der Waals surface area contributed by atoms with Crippen LogP contribution in [0.25, 0.3) is 0 Å². The highest BCUT2D eigenvalue weighted by Crippen LogP contribution is 2.27. The average molecular weight is 406 g/mol. The van der Waals surface area contributed by atoms with E-state index in [0.717, 1.165) is 44.9 Å². The Kier molecular flexibility index (Phi) is 9.09. The second-order valence-electron chi connectivity index (χ2n) is 7.18. The van der Waals surface area contributed by atoms with E-state index in [-0.39, 0.29) is 24.0 Å². The van der Waals surface area contributed by atoms with E-state index in [1.54, 1.807) is 0 Å². The Morgan fingerprint density at radius 2 is 1.83 bits per heavy atom. The molecular weight excluding hydrogens is 374 g/mol. The maximum atomic E-state index is 12.1. The SMILES string of the molecule is CCCC(Br)CC(C)(C)OC(=O)NC1CCC(C(=O)OCC)CC1. The molecule has 0 radical (unpaired) electrons. The van der Waals surface area contributed by atoms with Crippen LogP contribution in [0.3, 0.4) is 0 Å². The van der Waals surface area contributed by atoms with Crippen LogP contribution in [-0.2, 0) is 14.3 Å². The second-order valence-corrected chi connectivity index (χ2v) is 8.48. The molecule has 5 nitrogen and oxygen atoms in total. The van der Waals surface area contributed by atoms with Crippen molar-refractivity contribution in [3.05, 3.63) is 0 Å². The van der Waals surface area contributed by atoms with Gasteiger partial charge in [0.15, 0.2) is 0 Å². The van der Waals surface area contributed by atoms with Gasteiger partial charge in [0.05, 0.1) is 12.5 Å². The van der Waals surface area contributed by atoms with E-state index in [9.17, 15) is 9.59 Å². The van der Waals surface area contributed by atoms with Gasteiger partial charge in [-0.2, -0.15) is 0 Å². The Morgan fingerprint density at radius 1 is 1.21 bits per heavy atom. The van der Waals surface area contributed by atoms with E-state index in [1.807, 2.05) is 20.8 Å². The summed E-state index contributed by atoms with van der Waals surface area (Å²) in [6.45, 7) is 8.26.